The van der Waals surface area contributed by atoms with Crippen molar-refractivity contribution < 1.29 is 17.9 Å². The number of hydrogen-bond donors (Lipinski definition) is 2. The Morgan fingerprint density at radius 2 is 1.94 bits per heavy atom. The molecular weight excluding hydrogens is 405 g/mol. The van der Waals surface area contributed by atoms with Gasteiger partial charge in [0.1, 0.15) is 11.6 Å². The van der Waals surface area contributed by atoms with Gasteiger partial charge in [-0.25, -0.2) is 4.98 Å². The normalized spacial score (nSPS) is 16.2. The molecule has 0 spiro atoms. The molecular formula is C23H27F3N4O. The first-order chi connectivity index (χ1) is 14.8. The van der Waals surface area contributed by atoms with Crippen LogP contribution in [0.1, 0.15) is 29.9 Å². The van der Waals surface area contributed by atoms with Crippen LogP contribution in [-0.4, -0.2) is 54.5 Å². The van der Waals surface area contributed by atoms with Crippen molar-refractivity contribution >= 4 is 11.0 Å². The molecule has 0 aliphatic carbocycles. The minimum atomic E-state index is -4.76. The van der Waals surface area contributed by atoms with Gasteiger partial charge in [-0.2, -0.15) is 0 Å². The van der Waals surface area contributed by atoms with E-state index in [2.05, 4.69) is 37.1 Å². The van der Waals surface area contributed by atoms with Crippen LogP contribution < -0.4 is 10.1 Å². The van der Waals surface area contributed by atoms with Crippen LogP contribution in [-0.2, 0) is 0 Å². The second-order valence-electron chi connectivity index (χ2n) is 8.08. The quantitative estimate of drug-likeness (QED) is 0.586. The van der Waals surface area contributed by atoms with E-state index in [0.717, 1.165) is 55.6 Å². The number of aromatic nitrogens is 2. The van der Waals surface area contributed by atoms with Crippen LogP contribution in [0.2, 0.25) is 0 Å². The number of likely N-dealkylation sites (tertiary alicyclic amines) is 1. The molecule has 0 radical (unpaired) electrons. The molecule has 1 aromatic heterocycles. The first-order valence-corrected chi connectivity index (χ1v) is 10.6. The molecule has 166 valence electrons. The van der Waals surface area contributed by atoms with Crippen LogP contribution in [0.3, 0.4) is 0 Å². The molecule has 2 N–H and O–H groups in total. The van der Waals surface area contributed by atoms with Gasteiger partial charge in [0, 0.05) is 13.1 Å². The third kappa shape index (κ3) is 5.02. The summed E-state index contributed by atoms with van der Waals surface area (Å²) in [6.45, 7) is 6.19. The number of rotatable bonds is 6. The van der Waals surface area contributed by atoms with Crippen molar-refractivity contribution in [2.75, 3.05) is 33.2 Å². The highest BCUT2D eigenvalue weighted by atomic mass is 19.4. The second-order valence-corrected chi connectivity index (χ2v) is 8.08. The van der Waals surface area contributed by atoms with Gasteiger partial charge in [-0.3, -0.25) is 0 Å². The monoisotopic (exact) mass is 432 g/mol. The van der Waals surface area contributed by atoms with E-state index in [1.165, 1.54) is 17.7 Å². The van der Waals surface area contributed by atoms with E-state index >= 15 is 0 Å². The fourth-order valence-electron chi connectivity index (χ4n) is 4.32. The van der Waals surface area contributed by atoms with E-state index in [0.29, 0.717) is 11.7 Å². The van der Waals surface area contributed by atoms with Crippen molar-refractivity contribution in [1.29, 1.82) is 0 Å². The largest absolute Gasteiger partial charge is 0.573 e. The van der Waals surface area contributed by atoms with E-state index in [1.807, 2.05) is 14.0 Å². The molecule has 3 aromatic rings. The SMILES string of the molecule is CNCCN1CCC(c2cc(C)c3nc(-c4ccccc4OC(F)(F)F)[nH]c3c2)CC1. The fraction of sp³-hybridized carbons (Fsp3) is 0.435. The topological polar surface area (TPSA) is 53.2 Å². The Balaban J connectivity index is 1.60. The third-order valence-corrected chi connectivity index (χ3v) is 5.90. The number of aromatic amines is 1. The van der Waals surface area contributed by atoms with Crippen molar-refractivity contribution in [3.05, 3.63) is 47.5 Å². The second kappa shape index (κ2) is 8.88. The van der Waals surface area contributed by atoms with Crippen LogP contribution in [0.15, 0.2) is 36.4 Å². The smallest absolute Gasteiger partial charge is 0.405 e. The minimum Gasteiger partial charge on any atom is -0.405 e. The molecule has 4 rings (SSSR count). The average molecular weight is 432 g/mol. The van der Waals surface area contributed by atoms with E-state index in [4.69, 9.17) is 0 Å². The Morgan fingerprint density at radius 1 is 1.19 bits per heavy atom. The molecule has 0 atom stereocenters. The summed E-state index contributed by atoms with van der Waals surface area (Å²) in [6, 6.07) is 10.3. The predicted octanol–water partition coefficient (Wildman–Crippen LogP) is 4.84. The molecule has 31 heavy (non-hydrogen) atoms. The van der Waals surface area contributed by atoms with Gasteiger partial charge < -0.3 is 19.9 Å². The molecule has 0 saturated carbocycles. The van der Waals surface area contributed by atoms with Crippen LogP contribution in [0.5, 0.6) is 5.75 Å². The number of benzene rings is 2. The summed E-state index contributed by atoms with van der Waals surface area (Å²) in [6.07, 6.45) is -2.57. The third-order valence-electron chi connectivity index (χ3n) is 5.90. The van der Waals surface area contributed by atoms with Gasteiger partial charge in [0.05, 0.1) is 16.6 Å². The highest BCUT2D eigenvalue weighted by Crippen LogP contribution is 2.35. The number of piperidine rings is 1. The first kappa shape index (κ1) is 21.6. The van der Waals surface area contributed by atoms with Gasteiger partial charge >= 0.3 is 6.36 Å². The van der Waals surface area contributed by atoms with Gasteiger partial charge in [0.25, 0.3) is 0 Å². The number of H-pyrrole nitrogens is 1. The zero-order chi connectivity index (χ0) is 22.0. The maximum atomic E-state index is 12.8. The van der Waals surface area contributed by atoms with Crippen LogP contribution in [0, 0.1) is 6.92 Å². The summed E-state index contributed by atoms with van der Waals surface area (Å²) in [4.78, 5) is 10.3. The lowest BCUT2D eigenvalue weighted by Gasteiger charge is -2.32. The summed E-state index contributed by atoms with van der Waals surface area (Å²) in [5, 5.41) is 3.19. The molecule has 0 amide bonds. The van der Waals surface area contributed by atoms with E-state index in [1.54, 1.807) is 12.1 Å². The number of nitrogens with zero attached hydrogens (tertiary/aromatic N) is 2. The lowest BCUT2D eigenvalue weighted by molar-refractivity contribution is -0.274. The summed E-state index contributed by atoms with van der Waals surface area (Å²) >= 11 is 0. The standard InChI is InChI=1S/C23H27F3N4O/c1-15-13-17(16-7-10-30(11-8-16)12-9-27-2)14-19-21(15)29-22(28-19)18-5-3-4-6-20(18)31-23(24,25)26/h3-6,13-14,16,27H,7-12H2,1-2H3,(H,28,29). The number of alkyl halides is 3. The van der Waals surface area contributed by atoms with Crippen LogP contribution in [0.4, 0.5) is 13.2 Å². The van der Waals surface area contributed by atoms with Gasteiger partial charge in [-0.05, 0) is 75.1 Å². The van der Waals surface area contributed by atoms with Crippen LogP contribution in [0.25, 0.3) is 22.4 Å². The van der Waals surface area contributed by atoms with Gasteiger partial charge in [0.15, 0.2) is 0 Å². The van der Waals surface area contributed by atoms with Gasteiger partial charge in [-0.15, -0.1) is 13.2 Å². The molecule has 8 heteroatoms. The molecule has 0 bridgehead atoms. The highest BCUT2D eigenvalue weighted by Gasteiger charge is 2.32. The highest BCUT2D eigenvalue weighted by molar-refractivity contribution is 5.84. The van der Waals surface area contributed by atoms with E-state index in [9.17, 15) is 13.2 Å². The fourth-order valence-corrected chi connectivity index (χ4v) is 4.32. The van der Waals surface area contributed by atoms with Crippen LogP contribution >= 0.6 is 0 Å². The van der Waals surface area contributed by atoms with Crippen molar-refractivity contribution in [3.8, 4) is 17.1 Å². The molecule has 2 heterocycles. The van der Waals surface area contributed by atoms with E-state index in [-0.39, 0.29) is 11.3 Å². The number of hydrogen-bond acceptors (Lipinski definition) is 4. The number of likely N-dealkylation sites (N-methyl/N-ethyl adjacent to an activating group) is 1. The molecule has 1 saturated heterocycles. The molecule has 5 nitrogen and oxygen atoms in total. The molecule has 2 aromatic carbocycles. The minimum absolute atomic E-state index is 0.263. The van der Waals surface area contributed by atoms with Crippen molar-refractivity contribution in [3.63, 3.8) is 0 Å². The number of ether oxygens (including phenoxy) is 1. The Hall–Kier alpha value is -2.58. The van der Waals surface area contributed by atoms with Crippen molar-refractivity contribution in [2.45, 2.75) is 32.0 Å². The average Bonchev–Trinajstić information content (AvgIpc) is 3.16. The Kier molecular flexibility index (Phi) is 6.20. The molecule has 0 unspecified atom stereocenters. The lowest BCUT2D eigenvalue weighted by atomic mass is 9.88. The summed E-state index contributed by atoms with van der Waals surface area (Å²) in [5.74, 6) is 0.583. The molecule has 1 fully saturated rings. The number of aryl methyl sites for hydroxylation is 1. The summed E-state index contributed by atoms with van der Waals surface area (Å²) in [5.41, 5.74) is 4.17. The maximum absolute atomic E-state index is 12.8. The number of halogens is 3. The lowest BCUT2D eigenvalue weighted by Crippen LogP contribution is -2.37. The van der Waals surface area contributed by atoms with Crippen molar-refractivity contribution in [1.82, 2.24) is 20.2 Å². The number of para-hydroxylation sites is 1. The number of nitrogens with one attached hydrogen (secondary N) is 2. The number of imidazole rings is 1. The zero-order valence-corrected chi connectivity index (χ0v) is 17.7. The number of fused-ring (bicyclic) bond motifs is 1. The van der Waals surface area contributed by atoms with E-state index < -0.39 is 6.36 Å². The molecule has 1 aliphatic heterocycles. The predicted molar refractivity (Wildman–Crippen MR) is 115 cm³/mol. The summed E-state index contributed by atoms with van der Waals surface area (Å²) < 4.78 is 42.6. The Labute approximate surface area is 179 Å². The van der Waals surface area contributed by atoms with Crippen molar-refractivity contribution in [2.24, 2.45) is 0 Å². The molecule has 1 aliphatic rings. The van der Waals surface area contributed by atoms with Gasteiger partial charge in [-0.1, -0.05) is 18.2 Å². The Morgan fingerprint density at radius 3 is 2.65 bits per heavy atom. The Bertz CT molecular complexity index is 1040. The maximum Gasteiger partial charge on any atom is 0.573 e. The first-order valence-electron chi connectivity index (χ1n) is 10.6. The summed E-state index contributed by atoms with van der Waals surface area (Å²) in [7, 11) is 1.97. The van der Waals surface area contributed by atoms with Gasteiger partial charge in [0.2, 0.25) is 0 Å². The zero-order valence-electron chi connectivity index (χ0n) is 17.7.